The van der Waals surface area contributed by atoms with Gasteiger partial charge in [0.1, 0.15) is 5.82 Å². The van der Waals surface area contributed by atoms with Gasteiger partial charge in [-0.3, -0.25) is 4.79 Å². The summed E-state index contributed by atoms with van der Waals surface area (Å²) in [4.78, 5) is 20.2. The zero-order valence-electron chi connectivity index (χ0n) is 13.8. The largest absolute Gasteiger partial charge is 0.396 e. The lowest BCUT2D eigenvalue weighted by atomic mass is 9.95. The molecule has 0 spiro atoms. The Bertz CT molecular complexity index is 835. The van der Waals surface area contributed by atoms with Crippen LogP contribution in [0.4, 0.5) is 0 Å². The summed E-state index contributed by atoms with van der Waals surface area (Å²) in [6.45, 7) is 4.24. The minimum Gasteiger partial charge on any atom is -0.396 e. The second kappa shape index (κ2) is 6.45. The Kier molecular flexibility index (Phi) is 4.36. The fourth-order valence-corrected chi connectivity index (χ4v) is 2.37. The molecule has 0 radical (unpaired) electrons. The number of carbonyl (C=O) groups excluding carboxylic acids is 1. The van der Waals surface area contributed by atoms with Crippen molar-refractivity contribution in [2.24, 2.45) is 5.41 Å². The number of fused-ring (bicyclic) bond motifs is 1. The van der Waals surface area contributed by atoms with E-state index in [2.05, 4.69) is 15.3 Å². The first-order valence-corrected chi connectivity index (χ1v) is 7.93. The Morgan fingerprint density at radius 1 is 1.21 bits per heavy atom. The van der Waals surface area contributed by atoms with E-state index >= 15 is 0 Å². The first-order valence-electron chi connectivity index (χ1n) is 7.93. The minimum absolute atomic E-state index is 0.0201. The van der Waals surface area contributed by atoms with Crippen molar-refractivity contribution in [3.05, 3.63) is 54.1 Å². The number of aliphatic hydroxyl groups is 1. The van der Waals surface area contributed by atoms with Crippen molar-refractivity contribution in [3.8, 4) is 11.4 Å². The first-order chi connectivity index (χ1) is 11.5. The van der Waals surface area contributed by atoms with Crippen LogP contribution in [0.5, 0.6) is 0 Å². The lowest BCUT2D eigenvalue weighted by molar-refractivity contribution is 0.0911. The van der Waals surface area contributed by atoms with Crippen molar-refractivity contribution in [3.63, 3.8) is 0 Å². The van der Waals surface area contributed by atoms with Crippen LogP contribution < -0.4 is 5.32 Å². The van der Waals surface area contributed by atoms with Crippen LogP contribution in [-0.2, 0) is 0 Å². The predicted octanol–water partition coefficient (Wildman–Crippen LogP) is 2.98. The van der Waals surface area contributed by atoms with E-state index in [4.69, 9.17) is 0 Å². The molecule has 0 saturated heterocycles. The third-order valence-electron chi connectivity index (χ3n) is 3.94. The van der Waals surface area contributed by atoms with Crippen molar-refractivity contribution >= 4 is 16.9 Å². The lowest BCUT2D eigenvalue weighted by Gasteiger charge is -2.21. The van der Waals surface area contributed by atoms with E-state index in [9.17, 15) is 9.90 Å². The predicted molar refractivity (Wildman–Crippen MR) is 94.7 cm³/mol. The number of rotatable bonds is 5. The summed E-state index contributed by atoms with van der Waals surface area (Å²) >= 11 is 0. The standard InChI is InChI=1S/C19H21N3O2/c1-19(2,12-23)11-20-18(24)14-7-5-6-13(10-14)17-21-15-8-3-4-9-16(15)22-17/h3-10,23H,11-12H2,1-2H3,(H,20,24)(H,21,22). The molecule has 0 unspecified atom stereocenters. The molecule has 3 rings (SSSR count). The van der Waals surface area contributed by atoms with Gasteiger partial charge in [-0.05, 0) is 24.3 Å². The molecular weight excluding hydrogens is 302 g/mol. The quantitative estimate of drug-likeness (QED) is 0.675. The average Bonchev–Trinajstić information content (AvgIpc) is 3.04. The molecule has 124 valence electrons. The Hall–Kier alpha value is -2.66. The molecular formula is C19H21N3O2. The van der Waals surface area contributed by atoms with Crippen molar-refractivity contribution in [1.82, 2.24) is 15.3 Å². The number of hydrogen-bond acceptors (Lipinski definition) is 3. The highest BCUT2D eigenvalue weighted by Crippen LogP contribution is 2.21. The monoisotopic (exact) mass is 323 g/mol. The van der Waals surface area contributed by atoms with E-state index in [0.29, 0.717) is 12.1 Å². The SMILES string of the molecule is CC(C)(CO)CNC(=O)c1cccc(-c2nc3ccccc3[nH]2)c1. The average molecular weight is 323 g/mol. The van der Waals surface area contributed by atoms with Crippen LogP contribution in [-0.4, -0.2) is 34.1 Å². The fraction of sp³-hybridized carbons (Fsp3) is 0.263. The number of nitrogens with one attached hydrogen (secondary N) is 2. The highest BCUT2D eigenvalue weighted by Gasteiger charge is 2.18. The highest BCUT2D eigenvalue weighted by molar-refractivity contribution is 5.95. The van der Waals surface area contributed by atoms with Gasteiger partial charge < -0.3 is 15.4 Å². The third kappa shape index (κ3) is 3.46. The minimum atomic E-state index is -0.341. The van der Waals surface area contributed by atoms with Gasteiger partial charge >= 0.3 is 0 Å². The molecule has 5 nitrogen and oxygen atoms in total. The Balaban J connectivity index is 1.82. The second-order valence-corrected chi connectivity index (χ2v) is 6.69. The van der Waals surface area contributed by atoms with Crippen molar-refractivity contribution < 1.29 is 9.90 Å². The van der Waals surface area contributed by atoms with Crippen LogP contribution in [0.25, 0.3) is 22.4 Å². The molecule has 1 aromatic heterocycles. The van der Waals surface area contributed by atoms with Crippen molar-refractivity contribution in [2.45, 2.75) is 13.8 Å². The molecule has 3 aromatic rings. The maximum absolute atomic E-state index is 12.3. The number of carbonyl (C=O) groups is 1. The summed E-state index contributed by atoms with van der Waals surface area (Å²) in [7, 11) is 0. The lowest BCUT2D eigenvalue weighted by Crippen LogP contribution is -2.36. The number of aromatic nitrogens is 2. The van der Waals surface area contributed by atoms with Gasteiger partial charge in [0.2, 0.25) is 0 Å². The third-order valence-corrected chi connectivity index (χ3v) is 3.94. The molecule has 0 aliphatic heterocycles. The van der Waals surface area contributed by atoms with Gasteiger partial charge in [-0.25, -0.2) is 4.98 Å². The molecule has 3 N–H and O–H groups in total. The van der Waals surface area contributed by atoms with Crippen LogP contribution in [0, 0.1) is 5.41 Å². The number of nitrogens with zero attached hydrogens (tertiary/aromatic N) is 1. The topological polar surface area (TPSA) is 78.0 Å². The van der Waals surface area contributed by atoms with Gasteiger partial charge in [0, 0.05) is 29.7 Å². The summed E-state index contributed by atoms with van der Waals surface area (Å²) in [5, 5.41) is 12.1. The molecule has 0 fully saturated rings. The molecule has 0 bridgehead atoms. The number of imidazole rings is 1. The van der Waals surface area contributed by atoms with Gasteiger partial charge in [0.05, 0.1) is 11.0 Å². The van der Waals surface area contributed by atoms with Crippen LogP contribution in [0.15, 0.2) is 48.5 Å². The molecule has 0 atom stereocenters. The van der Waals surface area contributed by atoms with E-state index in [-0.39, 0.29) is 17.9 Å². The van der Waals surface area contributed by atoms with Crippen LogP contribution in [0.2, 0.25) is 0 Å². The summed E-state index contributed by atoms with van der Waals surface area (Å²) in [5.74, 6) is 0.580. The van der Waals surface area contributed by atoms with Crippen LogP contribution in [0.1, 0.15) is 24.2 Å². The van der Waals surface area contributed by atoms with Gasteiger partial charge in [-0.15, -0.1) is 0 Å². The summed E-state index contributed by atoms with van der Waals surface area (Å²) in [6, 6.07) is 15.2. The molecule has 24 heavy (non-hydrogen) atoms. The zero-order chi connectivity index (χ0) is 17.2. The Morgan fingerprint density at radius 3 is 2.75 bits per heavy atom. The number of benzene rings is 2. The number of H-pyrrole nitrogens is 1. The second-order valence-electron chi connectivity index (χ2n) is 6.69. The van der Waals surface area contributed by atoms with Crippen LogP contribution >= 0.6 is 0 Å². The zero-order valence-corrected chi connectivity index (χ0v) is 13.8. The maximum atomic E-state index is 12.3. The van der Waals surface area contributed by atoms with Gasteiger partial charge in [-0.1, -0.05) is 38.1 Å². The first kappa shape index (κ1) is 16.2. The molecule has 1 amide bonds. The van der Waals surface area contributed by atoms with Crippen molar-refractivity contribution in [1.29, 1.82) is 0 Å². The van der Waals surface area contributed by atoms with E-state index in [1.54, 1.807) is 6.07 Å². The highest BCUT2D eigenvalue weighted by atomic mass is 16.3. The molecule has 5 heteroatoms. The number of hydrogen-bond donors (Lipinski definition) is 3. The number of aliphatic hydroxyl groups excluding tert-OH is 1. The molecule has 2 aromatic carbocycles. The number of para-hydroxylation sites is 2. The molecule has 1 heterocycles. The van der Waals surface area contributed by atoms with Gasteiger partial charge in [0.15, 0.2) is 0 Å². The fourth-order valence-electron chi connectivity index (χ4n) is 2.37. The Morgan fingerprint density at radius 2 is 2.00 bits per heavy atom. The Labute approximate surface area is 140 Å². The van der Waals surface area contributed by atoms with Crippen LogP contribution in [0.3, 0.4) is 0 Å². The molecule has 0 aliphatic rings. The van der Waals surface area contributed by atoms with Gasteiger partial charge in [-0.2, -0.15) is 0 Å². The van der Waals surface area contributed by atoms with E-state index in [1.165, 1.54) is 0 Å². The summed E-state index contributed by atoms with van der Waals surface area (Å²) in [5.41, 5.74) is 2.95. The maximum Gasteiger partial charge on any atom is 0.251 e. The van der Waals surface area contributed by atoms with Crippen molar-refractivity contribution in [2.75, 3.05) is 13.2 Å². The van der Waals surface area contributed by atoms with E-state index in [1.807, 2.05) is 56.3 Å². The number of aromatic amines is 1. The number of amides is 1. The van der Waals surface area contributed by atoms with E-state index < -0.39 is 0 Å². The van der Waals surface area contributed by atoms with Gasteiger partial charge in [0.25, 0.3) is 5.91 Å². The summed E-state index contributed by atoms with van der Waals surface area (Å²) < 4.78 is 0. The smallest absolute Gasteiger partial charge is 0.251 e. The van der Waals surface area contributed by atoms with E-state index in [0.717, 1.165) is 22.4 Å². The normalized spacial score (nSPS) is 11.6. The molecule has 0 aliphatic carbocycles. The molecule has 0 saturated carbocycles. The summed E-state index contributed by atoms with van der Waals surface area (Å²) in [6.07, 6.45) is 0.